The number of para-hydroxylation sites is 3. The third-order valence-corrected chi connectivity index (χ3v) is 9.17. The van der Waals surface area contributed by atoms with E-state index in [1.165, 1.54) is 72.0 Å². The number of hydrogen-bond donors (Lipinski definition) is 0. The van der Waals surface area contributed by atoms with Crippen molar-refractivity contribution in [1.29, 1.82) is 0 Å². The Kier molecular flexibility index (Phi) is 6.42. The second-order valence-electron chi connectivity index (χ2n) is 11.9. The fraction of sp³-hybridized carbons (Fsp3) is 0.0952. The molecule has 2 nitrogen and oxygen atoms in total. The molecule has 8 rings (SSSR count). The van der Waals surface area contributed by atoms with E-state index >= 15 is 0 Å². The number of nitrogens with zero attached hydrogens (tertiary/aromatic N) is 2. The number of aryl methyl sites for hydroxylation is 2. The zero-order valence-corrected chi connectivity index (χ0v) is 25.1. The molecule has 1 unspecified atom stereocenters. The number of fused-ring (bicyclic) bond motifs is 2. The lowest BCUT2D eigenvalue weighted by molar-refractivity contribution is 0.630. The highest BCUT2D eigenvalue weighted by Crippen LogP contribution is 2.39. The first-order valence-electron chi connectivity index (χ1n) is 15.5. The van der Waals surface area contributed by atoms with Gasteiger partial charge in [-0.1, -0.05) is 115 Å². The van der Waals surface area contributed by atoms with Crippen LogP contribution >= 0.6 is 0 Å². The van der Waals surface area contributed by atoms with E-state index in [1.54, 1.807) is 0 Å². The van der Waals surface area contributed by atoms with E-state index < -0.39 is 0 Å². The molecule has 0 N–H and O–H groups in total. The highest BCUT2D eigenvalue weighted by atomic mass is 15.0. The normalized spacial score (nSPS) is 14.5. The molecule has 2 heterocycles. The van der Waals surface area contributed by atoms with Crippen molar-refractivity contribution in [3.05, 3.63) is 163 Å². The molecule has 1 aliphatic rings. The molecule has 0 fully saturated rings. The molecule has 0 amide bonds. The minimum absolute atomic E-state index is 0.349. The third kappa shape index (κ3) is 4.42. The smallest absolute Gasteiger partial charge is 0.0554 e. The molecule has 0 radical (unpaired) electrons. The summed E-state index contributed by atoms with van der Waals surface area (Å²) in [5.41, 5.74) is 13.9. The van der Waals surface area contributed by atoms with Crippen LogP contribution in [-0.2, 0) is 0 Å². The zero-order valence-electron chi connectivity index (χ0n) is 25.1. The maximum atomic E-state index is 2.44. The summed E-state index contributed by atoms with van der Waals surface area (Å²) in [6, 6.07) is 42.3. The van der Waals surface area contributed by atoms with E-state index in [0.717, 1.165) is 6.42 Å². The number of hydrogen-bond acceptors (Lipinski definition) is 0. The lowest BCUT2D eigenvalue weighted by Gasteiger charge is -2.16. The molecule has 7 aromatic rings. The number of rotatable bonds is 5. The van der Waals surface area contributed by atoms with Crippen LogP contribution in [0.5, 0.6) is 0 Å². The second kappa shape index (κ2) is 10.7. The summed E-state index contributed by atoms with van der Waals surface area (Å²) in [5.74, 6) is 0. The lowest BCUT2D eigenvalue weighted by atomic mass is 9.91. The van der Waals surface area contributed by atoms with E-state index in [0.29, 0.717) is 6.04 Å². The molecule has 44 heavy (non-hydrogen) atoms. The number of benzene rings is 5. The Hall–Kier alpha value is -5.34. The molecule has 0 saturated heterocycles. The molecule has 1 aliphatic carbocycles. The van der Waals surface area contributed by atoms with Crippen molar-refractivity contribution in [2.24, 2.45) is 0 Å². The molecule has 1 atom stereocenters. The summed E-state index contributed by atoms with van der Waals surface area (Å²) >= 11 is 0. The van der Waals surface area contributed by atoms with Crippen molar-refractivity contribution >= 4 is 21.8 Å². The number of allylic oxidation sites excluding steroid dienone is 4. The Bertz CT molecular complexity index is 2220. The predicted molar refractivity (Wildman–Crippen MR) is 186 cm³/mol. The summed E-state index contributed by atoms with van der Waals surface area (Å²) < 4.78 is 4.74. The topological polar surface area (TPSA) is 9.86 Å². The summed E-state index contributed by atoms with van der Waals surface area (Å²) in [7, 11) is 0. The molecule has 2 heteroatoms. The van der Waals surface area contributed by atoms with Crippen molar-refractivity contribution in [2.45, 2.75) is 26.3 Å². The Morgan fingerprint density at radius 2 is 1.14 bits per heavy atom. The minimum Gasteiger partial charge on any atom is -0.340 e. The Balaban J connectivity index is 1.16. The molecule has 5 aromatic carbocycles. The molecule has 0 aliphatic heterocycles. The molecule has 0 saturated carbocycles. The van der Waals surface area contributed by atoms with Gasteiger partial charge < -0.3 is 9.13 Å². The second-order valence-corrected chi connectivity index (χ2v) is 11.9. The zero-order chi connectivity index (χ0) is 29.6. The average Bonchev–Trinajstić information content (AvgIpc) is 3.66. The largest absolute Gasteiger partial charge is 0.340 e. The maximum absolute atomic E-state index is 2.44. The Morgan fingerprint density at radius 1 is 0.545 bits per heavy atom. The van der Waals surface area contributed by atoms with Gasteiger partial charge >= 0.3 is 0 Å². The van der Waals surface area contributed by atoms with Crippen LogP contribution < -0.4 is 0 Å². The number of aromatic nitrogens is 2. The first-order valence-corrected chi connectivity index (χ1v) is 15.5. The SMILES string of the molecule is Cc1cc(-c2cn(-c3ccccc3)c3ccccc23)ccc1-c1ccc(-c2cn(C3C=CC=CC3)c3ccccc23)cc1C. The average molecular weight is 567 g/mol. The molecule has 2 aromatic heterocycles. The van der Waals surface area contributed by atoms with E-state index in [2.05, 4.69) is 175 Å². The van der Waals surface area contributed by atoms with Gasteiger partial charge in [0.15, 0.2) is 0 Å². The lowest BCUT2D eigenvalue weighted by Crippen LogP contribution is -2.05. The van der Waals surface area contributed by atoms with Crippen LogP contribution in [0.4, 0.5) is 0 Å². The van der Waals surface area contributed by atoms with E-state index in [9.17, 15) is 0 Å². The van der Waals surface area contributed by atoms with Crippen LogP contribution in [0.2, 0.25) is 0 Å². The van der Waals surface area contributed by atoms with Gasteiger partial charge in [0.1, 0.15) is 0 Å². The first kappa shape index (κ1) is 26.3. The molecule has 212 valence electrons. The van der Waals surface area contributed by atoms with Crippen molar-refractivity contribution in [2.75, 3.05) is 0 Å². The molecule has 0 bridgehead atoms. The molecule has 0 spiro atoms. The van der Waals surface area contributed by atoms with Gasteiger partial charge in [0.25, 0.3) is 0 Å². The first-order chi connectivity index (χ1) is 21.7. The van der Waals surface area contributed by atoms with Gasteiger partial charge in [-0.15, -0.1) is 0 Å². The molecular formula is C42H34N2. The monoisotopic (exact) mass is 566 g/mol. The summed E-state index contributed by atoms with van der Waals surface area (Å²) in [6.07, 6.45) is 14.5. The highest BCUT2D eigenvalue weighted by Gasteiger charge is 2.17. The summed E-state index contributed by atoms with van der Waals surface area (Å²) in [4.78, 5) is 0. The van der Waals surface area contributed by atoms with Crippen molar-refractivity contribution in [3.63, 3.8) is 0 Å². The summed E-state index contributed by atoms with van der Waals surface area (Å²) in [5, 5.41) is 2.57. The minimum atomic E-state index is 0.349. The maximum Gasteiger partial charge on any atom is 0.0554 e. The van der Waals surface area contributed by atoms with Crippen LogP contribution in [0.1, 0.15) is 23.6 Å². The van der Waals surface area contributed by atoms with E-state index in [1.807, 2.05) is 0 Å². The van der Waals surface area contributed by atoms with Gasteiger partial charge in [-0.25, -0.2) is 0 Å². The van der Waals surface area contributed by atoms with Gasteiger partial charge in [0, 0.05) is 45.5 Å². The quantitative estimate of drug-likeness (QED) is 0.196. The van der Waals surface area contributed by atoms with Crippen molar-refractivity contribution in [1.82, 2.24) is 9.13 Å². The van der Waals surface area contributed by atoms with Crippen LogP contribution in [0.25, 0.3) is 60.9 Å². The summed E-state index contributed by atoms with van der Waals surface area (Å²) in [6.45, 7) is 4.48. The highest BCUT2D eigenvalue weighted by molar-refractivity contribution is 5.98. The van der Waals surface area contributed by atoms with E-state index in [4.69, 9.17) is 0 Å². The Labute approximate surface area is 258 Å². The third-order valence-electron chi connectivity index (χ3n) is 9.17. The predicted octanol–water partition coefficient (Wildman–Crippen LogP) is 11.3. The van der Waals surface area contributed by atoms with Gasteiger partial charge in [0.05, 0.1) is 11.6 Å². The van der Waals surface area contributed by atoms with Gasteiger partial charge in [-0.3, -0.25) is 0 Å². The van der Waals surface area contributed by atoms with Gasteiger partial charge in [0.2, 0.25) is 0 Å². The van der Waals surface area contributed by atoms with E-state index in [-0.39, 0.29) is 0 Å². The van der Waals surface area contributed by atoms with Gasteiger partial charge in [-0.2, -0.15) is 0 Å². The Morgan fingerprint density at radius 3 is 1.77 bits per heavy atom. The van der Waals surface area contributed by atoms with Crippen LogP contribution in [-0.4, -0.2) is 9.13 Å². The standard InChI is InChI=1S/C42H34N2/c1-29-25-31(39-27-43(33-13-5-3-6-14-33)41-19-11-9-17-37(39)41)21-23-35(29)36-24-22-32(26-30(36)2)40-28-44(34-15-7-4-8-16-34)42-20-12-10-18-38(40)42/h3-15,17-28,34H,16H2,1-2H3. The van der Waals surface area contributed by atoms with Crippen molar-refractivity contribution < 1.29 is 0 Å². The van der Waals surface area contributed by atoms with Crippen molar-refractivity contribution in [3.8, 4) is 39.1 Å². The fourth-order valence-electron chi connectivity index (χ4n) is 6.96. The molecular weight excluding hydrogens is 532 g/mol. The van der Waals surface area contributed by atoms with Crippen LogP contribution in [0.3, 0.4) is 0 Å². The van der Waals surface area contributed by atoms with Gasteiger partial charge in [-0.05, 0) is 77.9 Å². The fourth-order valence-corrected chi connectivity index (χ4v) is 6.96. The van der Waals surface area contributed by atoms with Crippen LogP contribution in [0, 0.1) is 13.8 Å². The van der Waals surface area contributed by atoms with Crippen LogP contribution in [0.15, 0.2) is 152 Å².